The molecule has 1 amide bonds. The maximum absolute atomic E-state index is 12.5. The highest BCUT2D eigenvalue weighted by Gasteiger charge is 2.35. The van der Waals surface area contributed by atoms with Gasteiger partial charge in [0.15, 0.2) is 5.01 Å². The largest absolute Gasteiger partial charge is 0.443 e. The summed E-state index contributed by atoms with van der Waals surface area (Å²) in [5.74, 6) is -1.15. The van der Waals surface area contributed by atoms with Crippen LogP contribution in [0.4, 0.5) is 18.2 Å². The quantitative estimate of drug-likeness (QED) is 0.670. The van der Waals surface area contributed by atoms with Gasteiger partial charge in [-0.05, 0) is 25.0 Å². The smallest absolute Gasteiger partial charge is 0.425 e. The summed E-state index contributed by atoms with van der Waals surface area (Å²) in [6.07, 6.45) is -2.11. The number of para-hydroxylation sites is 1. The van der Waals surface area contributed by atoms with Crippen molar-refractivity contribution in [1.29, 1.82) is 0 Å². The molecule has 0 aliphatic heterocycles. The molecule has 24 heavy (non-hydrogen) atoms. The molecule has 1 aromatic heterocycles. The predicted molar refractivity (Wildman–Crippen MR) is 79.9 cm³/mol. The van der Waals surface area contributed by atoms with Gasteiger partial charge in [0.1, 0.15) is 10.8 Å². The minimum atomic E-state index is -4.56. The van der Waals surface area contributed by atoms with E-state index in [0.717, 1.165) is 19.0 Å². The fraction of sp³-hybridized carbons (Fsp3) is 0.267. The Morgan fingerprint density at radius 3 is 2.58 bits per heavy atom. The molecule has 1 saturated carbocycles. The number of carbonyl (C=O) groups excluding carboxylic acids is 2. The van der Waals surface area contributed by atoms with Crippen molar-refractivity contribution in [3.8, 4) is 5.75 Å². The average molecular weight is 356 g/mol. The van der Waals surface area contributed by atoms with E-state index >= 15 is 0 Å². The van der Waals surface area contributed by atoms with E-state index in [1.54, 1.807) is 12.1 Å². The number of nitrogens with one attached hydrogen (secondary N) is 1. The Morgan fingerprint density at radius 2 is 1.96 bits per heavy atom. The molecule has 2 aromatic rings. The van der Waals surface area contributed by atoms with Crippen molar-refractivity contribution < 1.29 is 27.5 Å². The highest BCUT2D eigenvalue weighted by Crippen LogP contribution is 2.35. The van der Waals surface area contributed by atoms with E-state index in [-0.39, 0.29) is 22.2 Å². The van der Waals surface area contributed by atoms with E-state index in [0.29, 0.717) is 11.3 Å². The molecule has 9 heteroatoms. The van der Waals surface area contributed by atoms with Crippen molar-refractivity contribution in [2.75, 3.05) is 5.32 Å². The number of thiazole rings is 1. The molecule has 0 saturated heterocycles. The number of carbonyl (C=O) groups is 2. The van der Waals surface area contributed by atoms with Gasteiger partial charge in [0.05, 0.1) is 17.7 Å². The van der Waals surface area contributed by atoms with Crippen LogP contribution < -0.4 is 10.1 Å². The molecule has 0 atom stereocenters. The Hall–Kier alpha value is -2.42. The monoisotopic (exact) mass is 356 g/mol. The number of anilines is 1. The molecule has 1 heterocycles. The first-order chi connectivity index (χ1) is 11.3. The summed E-state index contributed by atoms with van der Waals surface area (Å²) in [4.78, 5) is 27.2. The SMILES string of the molecule is O=C(Nc1cnc(C(F)(F)F)s1)c1ccccc1OC(=O)C1CC1. The van der Waals surface area contributed by atoms with Crippen LogP contribution >= 0.6 is 11.3 Å². The molecule has 1 aliphatic rings. The average Bonchev–Trinajstić information content (AvgIpc) is 3.26. The molecule has 126 valence electrons. The summed E-state index contributed by atoms with van der Waals surface area (Å²) >= 11 is 0.322. The molecule has 3 rings (SSSR count). The zero-order chi connectivity index (χ0) is 17.3. The van der Waals surface area contributed by atoms with Crippen LogP contribution in [0.3, 0.4) is 0 Å². The second kappa shape index (κ2) is 6.23. The maximum atomic E-state index is 12.5. The second-order valence-corrected chi connectivity index (χ2v) is 6.20. The molecular weight excluding hydrogens is 345 g/mol. The van der Waals surface area contributed by atoms with Crippen molar-refractivity contribution in [2.24, 2.45) is 5.92 Å². The fourth-order valence-electron chi connectivity index (χ4n) is 1.90. The fourth-order valence-corrected chi connectivity index (χ4v) is 2.57. The van der Waals surface area contributed by atoms with Crippen molar-refractivity contribution in [3.05, 3.63) is 41.0 Å². The van der Waals surface area contributed by atoms with E-state index in [2.05, 4.69) is 10.3 Å². The van der Waals surface area contributed by atoms with Crippen molar-refractivity contribution in [1.82, 2.24) is 4.98 Å². The summed E-state index contributed by atoms with van der Waals surface area (Å²) in [7, 11) is 0. The first-order valence-corrected chi connectivity index (χ1v) is 7.81. The standard InChI is InChI=1S/C15H11F3N2O3S/c16-15(17,18)14-19-7-11(24-14)20-12(21)9-3-1-2-4-10(9)23-13(22)8-5-6-8/h1-4,7-8H,5-6H2,(H,20,21). The summed E-state index contributed by atoms with van der Waals surface area (Å²) in [6, 6.07) is 6.05. The molecule has 0 unspecified atom stereocenters. The van der Waals surface area contributed by atoms with Gasteiger partial charge in [-0.25, -0.2) is 4.98 Å². The number of ether oxygens (including phenoxy) is 1. The van der Waals surface area contributed by atoms with Gasteiger partial charge in [0.2, 0.25) is 0 Å². The molecule has 0 radical (unpaired) electrons. The van der Waals surface area contributed by atoms with Gasteiger partial charge in [-0.1, -0.05) is 23.5 Å². The lowest BCUT2D eigenvalue weighted by Crippen LogP contribution is -2.16. The summed E-state index contributed by atoms with van der Waals surface area (Å²) < 4.78 is 42.8. The normalized spacial score (nSPS) is 14.3. The van der Waals surface area contributed by atoms with Crippen LogP contribution in [0.25, 0.3) is 0 Å². The van der Waals surface area contributed by atoms with Crippen LogP contribution in [0.1, 0.15) is 28.2 Å². The Morgan fingerprint density at radius 1 is 1.25 bits per heavy atom. The van der Waals surface area contributed by atoms with Crippen LogP contribution in [0.5, 0.6) is 5.75 Å². The number of nitrogens with zero attached hydrogens (tertiary/aromatic N) is 1. The lowest BCUT2D eigenvalue weighted by Gasteiger charge is -2.09. The van der Waals surface area contributed by atoms with Gasteiger partial charge in [-0.2, -0.15) is 13.2 Å². The molecule has 1 N–H and O–H groups in total. The van der Waals surface area contributed by atoms with Gasteiger partial charge in [-0.3, -0.25) is 9.59 Å². The Bertz CT molecular complexity index is 784. The predicted octanol–water partition coefficient (Wildman–Crippen LogP) is 3.73. The van der Waals surface area contributed by atoms with Crippen LogP contribution in [-0.2, 0) is 11.0 Å². The number of alkyl halides is 3. The van der Waals surface area contributed by atoms with Gasteiger partial charge in [0, 0.05) is 0 Å². The van der Waals surface area contributed by atoms with E-state index in [1.165, 1.54) is 12.1 Å². The van der Waals surface area contributed by atoms with E-state index in [4.69, 9.17) is 4.74 Å². The van der Waals surface area contributed by atoms with E-state index in [1.807, 2.05) is 0 Å². The number of benzene rings is 1. The topological polar surface area (TPSA) is 68.3 Å². The molecule has 1 aromatic carbocycles. The van der Waals surface area contributed by atoms with Crippen LogP contribution in [0.2, 0.25) is 0 Å². The zero-order valence-corrected chi connectivity index (χ0v) is 12.9. The Balaban J connectivity index is 1.75. The Kier molecular flexibility index (Phi) is 4.27. The number of halogens is 3. The number of rotatable bonds is 4. The Labute approximate surface area is 138 Å². The minimum absolute atomic E-state index is 0.0457. The van der Waals surface area contributed by atoms with E-state index in [9.17, 15) is 22.8 Å². The van der Waals surface area contributed by atoms with Crippen molar-refractivity contribution in [3.63, 3.8) is 0 Å². The molecule has 0 spiro atoms. The first kappa shape index (κ1) is 16.4. The number of hydrogen-bond acceptors (Lipinski definition) is 5. The lowest BCUT2D eigenvalue weighted by molar-refractivity contribution is -0.138. The molecular formula is C15H11F3N2O3S. The number of amides is 1. The third kappa shape index (κ3) is 3.73. The summed E-state index contributed by atoms with van der Waals surface area (Å²) in [5, 5.41) is 1.24. The molecule has 0 bridgehead atoms. The highest BCUT2D eigenvalue weighted by molar-refractivity contribution is 7.16. The molecule has 1 aliphatic carbocycles. The van der Waals surface area contributed by atoms with Crippen LogP contribution in [0, 0.1) is 5.92 Å². The summed E-state index contributed by atoms with van der Waals surface area (Å²) in [6.45, 7) is 0. The number of esters is 1. The van der Waals surface area contributed by atoms with Crippen molar-refractivity contribution in [2.45, 2.75) is 19.0 Å². The maximum Gasteiger partial charge on any atom is 0.443 e. The zero-order valence-electron chi connectivity index (χ0n) is 12.1. The van der Waals surface area contributed by atoms with E-state index < -0.39 is 23.1 Å². The molecule has 1 fully saturated rings. The third-order valence-corrected chi connectivity index (χ3v) is 4.20. The van der Waals surface area contributed by atoms with Crippen LogP contribution in [-0.4, -0.2) is 16.9 Å². The number of hydrogen-bond donors (Lipinski definition) is 1. The first-order valence-electron chi connectivity index (χ1n) is 6.99. The minimum Gasteiger partial charge on any atom is -0.425 e. The number of aromatic nitrogens is 1. The van der Waals surface area contributed by atoms with Crippen LogP contribution in [0.15, 0.2) is 30.5 Å². The molecule has 5 nitrogen and oxygen atoms in total. The van der Waals surface area contributed by atoms with Gasteiger partial charge in [-0.15, -0.1) is 0 Å². The van der Waals surface area contributed by atoms with Crippen molar-refractivity contribution >= 4 is 28.2 Å². The van der Waals surface area contributed by atoms with Gasteiger partial charge < -0.3 is 10.1 Å². The highest BCUT2D eigenvalue weighted by atomic mass is 32.1. The summed E-state index contributed by atoms with van der Waals surface area (Å²) in [5.41, 5.74) is 0.0634. The third-order valence-electron chi connectivity index (χ3n) is 3.24. The van der Waals surface area contributed by atoms with Gasteiger partial charge in [0.25, 0.3) is 5.91 Å². The lowest BCUT2D eigenvalue weighted by atomic mass is 10.2. The second-order valence-electron chi connectivity index (χ2n) is 5.17. The van der Waals surface area contributed by atoms with Gasteiger partial charge >= 0.3 is 12.1 Å².